The SMILES string of the molecule is Nc1ccc(NS(=O)(=O)C2CCCC2)cc1C(F)(F)F. The molecule has 3 N–H and O–H groups in total. The van der Waals surface area contributed by atoms with E-state index < -0.39 is 32.7 Å². The Balaban J connectivity index is 2.26. The van der Waals surface area contributed by atoms with Gasteiger partial charge < -0.3 is 5.73 Å². The summed E-state index contributed by atoms with van der Waals surface area (Å²) in [5.74, 6) is 0. The molecule has 0 saturated heterocycles. The van der Waals surface area contributed by atoms with E-state index >= 15 is 0 Å². The zero-order chi connectivity index (χ0) is 15.0. The number of anilines is 2. The highest BCUT2D eigenvalue weighted by atomic mass is 32.2. The lowest BCUT2D eigenvalue weighted by molar-refractivity contribution is -0.136. The first kappa shape index (κ1) is 15.0. The molecule has 112 valence electrons. The van der Waals surface area contributed by atoms with Crippen molar-refractivity contribution in [3.05, 3.63) is 23.8 Å². The molecule has 0 aliphatic heterocycles. The minimum atomic E-state index is -4.61. The highest BCUT2D eigenvalue weighted by Gasteiger charge is 2.34. The van der Waals surface area contributed by atoms with Crippen molar-refractivity contribution < 1.29 is 21.6 Å². The minimum absolute atomic E-state index is 0.113. The van der Waals surface area contributed by atoms with E-state index in [1.54, 1.807) is 0 Å². The molecule has 0 aromatic heterocycles. The summed E-state index contributed by atoms with van der Waals surface area (Å²) in [5.41, 5.74) is 3.68. The van der Waals surface area contributed by atoms with Crippen LogP contribution in [0.4, 0.5) is 24.5 Å². The van der Waals surface area contributed by atoms with Gasteiger partial charge in [-0.05, 0) is 31.0 Å². The zero-order valence-corrected chi connectivity index (χ0v) is 11.4. The summed E-state index contributed by atoms with van der Waals surface area (Å²) in [4.78, 5) is 0. The van der Waals surface area contributed by atoms with Gasteiger partial charge >= 0.3 is 6.18 Å². The van der Waals surface area contributed by atoms with E-state index in [-0.39, 0.29) is 5.69 Å². The predicted octanol–water partition coefficient (Wildman–Crippen LogP) is 2.97. The Hall–Kier alpha value is -1.44. The second-order valence-electron chi connectivity index (χ2n) is 4.85. The molecule has 1 aliphatic rings. The van der Waals surface area contributed by atoms with E-state index in [0.717, 1.165) is 25.0 Å². The van der Waals surface area contributed by atoms with Crippen LogP contribution in [0.5, 0.6) is 0 Å². The second-order valence-corrected chi connectivity index (χ2v) is 6.81. The van der Waals surface area contributed by atoms with Crippen LogP contribution in [0.15, 0.2) is 18.2 Å². The van der Waals surface area contributed by atoms with Gasteiger partial charge in [0.2, 0.25) is 10.0 Å². The van der Waals surface area contributed by atoms with E-state index in [4.69, 9.17) is 5.73 Å². The molecule has 0 atom stereocenters. The van der Waals surface area contributed by atoms with Crippen LogP contribution < -0.4 is 10.5 Å². The van der Waals surface area contributed by atoms with Crippen molar-refractivity contribution in [1.82, 2.24) is 0 Å². The average Bonchev–Trinajstić information content (AvgIpc) is 2.84. The van der Waals surface area contributed by atoms with E-state index in [1.807, 2.05) is 0 Å². The molecule has 8 heteroatoms. The van der Waals surface area contributed by atoms with Crippen LogP contribution in [0, 0.1) is 0 Å². The average molecular weight is 308 g/mol. The molecule has 20 heavy (non-hydrogen) atoms. The molecule has 1 aromatic rings. The van der Waals surface area contributed by atoms with Gasteiger partial charge in [-0.25, -0.2) is 8.42 Å². The van der Waals surface area contributed by atoms with Gasteiger partial charge in [0.05, 0.1) is 10.8 Å². The number of nitrogens with two attached hydrogens (primary N) is 1. The molecule has 2 rings (SSSR count). The third-order valence-corrected chi connectivity index (χ3v) is 5.23. The lowest BCUT2D eigenvalue weighted by atomic mass is 10.1. The van der Waals surface area contributed by atoms with Crippen LogP contribution in [0.25, 0.3) is 0 Å². The fraction of sp³-hybridized carbons (Fsp3) is 0.500. The van der Waals surface area contributed by atoms with Crippen molar-refractivity contribution in [2.45, 2.75) is 37.1 Å². The lowest BCUT2D eigenvalue weighted by Gasteiger charge is -2.16. The standard InChI is InChI=1S/C12H15F3N2O2S/c13-12(14,15)10-7-8(5-6-11(10)16)17-20(18,19)9-3-1-2-4-9/h5-7,9,17H,1-4,16H2. The monoisotopic (exact) mass is 308 g/mol. The Morgan fingerprint density at radius 3 is 2.35 bits per heavy atom. The highest BCUT2D eigenvalue weighted by molar-refractivity contribution is 7.93. The molecule has 0 spiro atoms. The van der Waals surface area contributed by atoms with E-state index in [9.17, 15) is 21.6 Å². The number of alkyl halides is 3. The lowest BCUT2D eigenvalue weighted by Crippen LogP contribution is -2.25. The number of nitrogen functional groups attached to an aromatic ring is 1. The third kappa shape index (κ3) is 3.17. The molecule has 0 heterocycles. The third-order valence-electron chi connectivity index (χ3n) is 3.36. The summed E-state index contributed by atoms with van der Waals surface area (Å²) >= 11 is 0. The summed E-state index contributed by atoms with van der Waals surface area (Å²) in [7, 11) is -3.65. The van der Waals surface area contributed by atoms with Gasteiger partial charge in [-0.3, -0.25) is 4.72 Å². The van der Waals surface area contributed by atoms with Gasteiger partial charge in [-0.1, -0.05) is 12.8 Å². The number of rotatable bonds is 3. The molecule has 0 bridgehead atoms. The van der Waals surface area contributed by atoms with Crippen molar-refractivity contribution in [2.75, 3.05) is 10.5 Å². The molecule has 1 saturated carbocycles. The Kier molecular flexibility index (Phi) is 3.86. The molecule has 0 amide bonds. The van der Waals surface area contributed by atoms with Crippen LogP contribution in [-0.4, -0.2) is 13.7 Å². The first-order valence-electron chi connectivity index (χ1n) is 6.18. The first-order valence-corrected chi connectivity index (χ1v) is 7.73. The van der Waals surface area contributed by atoms with Gasteiger partial charge in [0, 0.05) is 11.4 Å². The van der Waals surface area contributed by atoms with Gasteiger partial charge in [0.15, 0.2) is 0 Å². The van der Waals surface area contributed by atoms with Crippen molar-refractivity contribution in [3.8, 4) is 0 Å². The largest absolute Gasteiger partial charge is 0.418 e. The quantitative estimate of drug-likeness (QED) is 0.843. The van der Waals surface area contributed by atoms with Crippen molar-refractivity contribution in [1.29, 1.82) is 0 Å². The summed E-state index contributed by atoms with van der Waals surface area (Å²) in [6.07, 6.45) is -1.89. The number of halogens is 3. The minimum Gasteiger partial charge on any atom is -0.398 e. The number of benzene rings is 1. The van der Waals surface area contributed by atoms with Crippen molar-refractivity contribution in [2.24, 2.45) is 0 Å². The smallest absolute Gasteiger partial charge is 0.398 e. The molecule has 1 fully saturated rings. The molecular weight excluding hydrogens is 293 g/mol. The number of hydrogen-bond acceptors (Lipinski definition) is 3. The predicted molar refractivity (Wildman–Crippen MR) is 70.7 cm³/mol. The number of nitrogens with one attached hydrogen (secondary N) is 1. The normalized spacial score (nSPS) is 17.4. The van der Waals surface area contributed by atoms with Gasteiger partial charge in [-0.2, -0.15) is 13.2 Å². The summed E-state index contributed by atoms with van der Waals surface area (Å²) in [5, 5.41) is -0.533. The van der Waals surface area contributed by atoms with Crippen LogP contribution in [0.2, 0.25) is 0 Å². The Bertz CT molecular complexity index is 593. The van der Waals surface area contributed by atoms with Gasteiger partial charge in [0.1, 0.15) is 0 Å². The van der Waals surface area contributed by atoms with Crippen LogP contribution >= 0.6 is 0 Å². The molecule has 0 radical (unpaired) electrons. The van der Waals surface area contributed by atoms with Gasteiger partial charge in [-0.15, -0.1) is 0 Å². The van der Waals surface area contributed by atoms with E-state index in [2.05, 4.69) is 4.72 Å². The maximum Gasteiger partial charge on any atom is 0.418 e. The fourth-order valence-electron chi connectivity index (χ4n) is 2.31. The fourth-order valence-corrected chi connectivity index (χ4v) is 3.89. The van der Waals surface area contributed by atoms with Crippen molar-refractivity contribution >= 4 is 21.4 Å². The maximum absolute atomic E-state index is 12.7. The van der Waals surface area contributed by atoms with Crippen LogP contribution in [0.1, 0.15) is 31.2 Å². The first-order chi connectivity index (χ1) is 9.20. The summed E-state index contributed by atoms with van der Waals surface area (Å²) in [6.45, 7) is 0. The Morgan fingerprint density at radius 1 is 1.20 bits per heavy atom. The molecule has 0 unspecified atom stereocenters. The zero-order valence-electron chi connectivity index (χ0n) is 10.6. The van der Waals surface area contributed by atoms with Crippen LogP contribution in [0.3, 0.4) is 0 Å². The molecular formula is C12H15F3N2O2S. The topological polar surface area (TPSA) is 72.2 Å². The molecule has 1 aromatic carbocycles. The number of hydrogen-bond donors (Lipinski definition) is 2. The second kappa shape index (κ2) is 5.16. The maximum atomic E-state index is 12.7. The van der Waals surface area contributed by atoms with Crippen LogP contribution in [-0.2, 0) is 16.2 Å². The Morgan fingerprint density at radius 2 is 1.80 bits per heavy atom. The Labute approximate surface area is 115 Å². The highest BCUT2D eigenvalue weighted by Crippen LogP contribution is 2.35. The summed E-state index contributed by atoms with van der Waals surface area (Å²) < 4.78 is 64.4. The van der Waals surface area contributed by atoms with E-state index in [1.165, 1.54) is 6.07 Å². The van der Waals surface area contributed by atoms with E-state index in [0.29, 0.717) is 12.8 Å². The number of sulfonamides is 1. The van der Waals surface area contributed by atoms with Crippen molar-refractivity contribution in [3.63, 3.8) is 0 Å². The molecule has 1 aliphatic carbocycles. The molecule has 4 nitrogen and oxygen atoms in total. The van der Waals surface area contributed by atoms with Gasteiger partial charge in [0.25, 0.3) is 0 Å². The summed E-state index contributed by atoms with van der Waals surface area (Å²) in [6, 6.07) is 3.01.